The van der Waals surface area contributed by atoms with E-state index < -0.39 is 0 Å². The number of guanidine groups is 1. The van der Waals surface area contributed by atoms with Gasteiger partial charge in [0.1, 0.15) is 0 Å². The molecule has 0 saturated heterocycles. The predicted molar refractivity (Wildman–Crippen MR) is 59.5 cm³/mol. The Balaban J connectivity index is 2.13. The van der Waals surface area contributed by atoms with Crippen LogP contribution < -0.4 is 5.32 Å². The van der Waals surface area contributed by atoms with Gasteiger partial charge in [-0.15, -0.1) is 0 Å². The van der Waals surface area contributed by atoms with Gasteiger partial charge in [0.2, 0.25) is 12.2 Å². The van der Waals surface area contributed by atoms with Crippen molar-refractivity contribution in [2.75, 3.05) is 0 Å². The van der Waals surface area contributed by atoms with E-state index in [9.17, 15) is 0 Å². The van der Waals surface area contributed by atoms with E-state index in [1.165, 1.54) is 0 Å². The van der Waals surface area contributed by atoms with Crippen molar-refractivity contribution >= 4 is 18.0 Å². The third-order valence-electron chi connectivity index (χ3n) is 2.32. The van der Waals surface area contributed by atoms with Crippen LogP contribution in [-0.4, -0.2) is 29.2 Å². The molecule has 0 aromatic carbocycles. The van der Waals surface area contributed by atoms with E-state index in [2.05, 4.69) is 26.9 Å². The van der Waals surface area contributed by atoms with E-state index in [1.807, 2.05) is 23.3 Å². The summed E-state index contributed by atoms with van der Waals surface area (Å²) in [5.74, 6) is 1.35. The highest BCUT2D eigenvalue weighted by Gasteiger charge is 2.30. The van der Waals surface area contributed by atoms with Crippen LogP contribution in [0.5, 0.6) is 0 Å². The second-order valence-electron chi connectivity index (χ2n) is 3.21. The molecule has 1 atom stereocenters. The standard InChI is InChI=1S/C10H9N5/c1-2-8-13-9-11-5-3-7-4-6-12-10(14-8)15(7)9/h2-6,9H,1H2,(H,12,13,14). The van der Waals surface area contributed by atoms with Gasteiger partial charge < -0.3 is 5.32 Å². The van der Waals surface area contributed by atoms with Crippen LogP contribution in [0.3, 0.4) is 0 Å². The molecular formula is C10H9N5. The molecule has 3 rings (SSSR count). The first-order valence-corrected chi connectivity index (χ1v) is 4.63. The molecule has 0 bridgehead atoms. The molecular weight excluding hydrogens is 190 g/mol. The van der Waals surface area contributed by atoms with Crippen molar-refractivity contribution in [2.24, 2.45) is 15.0 Å². The second kappa shape index (κ2) is 2.91. The monoisotopic (exact) mass is 199 g/mol. The van der Waals surface area contributed by atoms with Gasteiger partial charge in [-0.1, -0.05) is 6.58 Å². The van der Waals surface area contributed by atoms with E-state index in [-0.39, 0.29) is 6.29 Å². The van der Waals surface area contributed by atoms with Crippen molar-refractivity contribution in [1.82, 2.24) is 10.2 Å². The molecule has 3 heterocycles. The highest BCUT2D eigenvalue weighted by molar-refractivity contribution is 6.05. The smallest absolute Gasteiger partial charge is 0.225 e. The summed E-state index contributed by atoms with van der Waals surface area (Å²) in [4.78, 5) is 14.8. The molecule has 1 unspecified atom stereocenters. The third kappa shape index (κ3) is 1.13. The molecule has 1 N–H and O–H groups in total. The predicted octanol–water partition coefficient (Wildman–Crippen LogP) is 0.611. The maximum absolute atomic E-state index is 4.33. The molecule has 5 heteroatoms. The molecule has 74 valence electrons. The van der Waals surface area contributed by atoms with E-state index in [0.717, 1.165) is 11.7 Å². The van der Waals surface area contributed by atoms with Gasteiger partial charge >= 0.3 is 0 Å². The summed E-state index contributed by atoms with van der Waals surface area (Å²) in [7, 11) is 0. The zero-order valence-corrected chi connectivity index (χ0v) is 7.96. The molecule has 5 nitrogen and oxygen atoms in total. The van der Waals surface area contributed by atoms with Crippen LogP contribution in [0, 0.1) is 0 Å². The van der Waals surface area contributed by atoms with Crippen LogP contribution in [0.1, 0.15) is 0 Å². The lowest BCUT2D eigenvalue weighted by molar-refractivity contribution is 0.383. The van der Waals surface area contributed by atoms with Crippen LogP contribution in [0.2, 0.25) is 0 Å². The van der Waals surface area contributed by atoms with Crippen molar-refractivity contribution in [1.29, 1.82) is 0 Å². The number of allylic oxidation sites excluding steroid dienone is 2. The van der Waals surface area contributed by atoms with E-state index in [0.29, 0.717) is 5.84 Å². The summed E-state index contributed by atoms with van der Waals surface area (Å²) < 4.78 is 0. The second-order valence-corrected chi connectivity index (χ2v) is 3.21. The molecule has 0 aromatic heterocycles. The van der Waals surface area contributed by atoms with Crippen LogP contribution in [-0.2, 0) is 0 Å². The number of nitrogens with one attached hydrogen (secondary N) is 1. The number of aliphatic imine (C=N–C) groups is 3. The largest absolute Gasteiger partial charge is 0.332 e. The van der Waals surface area contributed by atoms with Crippen molar-refractivity contribution < 1.29 is 0 Å². The quantitative estimate of drug-likeness (QED) is 0.672. The first-order valence-electron chi connectivity index (χ1n) is 4.63. The number of rotatable bonds is 1. The molecule has 0 aromatic rings. The topological polar surface area (TPSA) is 52.4 Å². The molecule has 0 amide bonds. The van der Waals surface area contributed by atoms with Crippen molar-refractivity contribution in [3.63, 3.8) is 0 Å². The molecule has 0 aliphatic carbocycles. The van der Waals surface area contributed by atoms with Gasteiger partial charge in [-0.05, 0) is 18.2 Å². The Hall–Kier alpha value is -2.17. The molecule has 0 saturated carbocycles. The fourth-order valence-corrected chi connectivity index (χ4v) is 1.65. The maximum Gasteiger partial charge on any atom is 0.225 e. The van der Waals surface area contributed by atoms with Crippen LogP contribution in [0.4, 0.5) is 0 Å². The van der Waals surface area contributed by atoms with Crippen LogP contribution in [0.25, 0.3) is 0 Å². The molecule has 0 spiro atoms. The summed E-state index contributed by atoms with van der Waals surface area (Å²) in [5, 5.41) is 3.07. The Labute approximate surface area is 86.9 Å². The first kappa shape index (κ1) is 8.16. The average molecular weight is 199 g/mol. The maximum atomic E-state index is 4.33. The highest BCUT2D eigenvalue weighted by atomic mass is 15.5. The van der Waals surface area contributed by atoms with Gasteiger partial charge in [-0.2, -0.15) is 4.99 Å². The Morgan fingerprint density at radius 1 is 1.53 bits per heavy atom. The van der Waals surface area contributed by atoms with E-state index >= 15 is 0 Å². The Morgan fingerprint density at radius 3 is 3.33 bits per heavy atom. The van der Waals surface area contributed by atoms with Gasteiger partial charge in [-0.25, -0.2) is 9.98 Å². The minimum absolute atomic E-state index is 0.247. The zero-order chi connectivity index (χ0) is 10.3. The average Bonchev–Trinajstić information content (AvgIpc) is 2.29. The van der Waals surface area contributed by atoms with Gasteiger partial charge in [-0.3, -0.25) is 4.90 Å². The van der Waals surface area contributed by atoms with Crippen molar-refractivity contribution in [2.45, 2.75) is 6.29 Å². The summed E-state index contributed by atoms with van der Waals surface area (Å²) >= 11 is 0. The van der Waals surface area contributed by atoms with Gasteiger partial charge in [0.05, 0.1) is 5.70 Å². The molecule has 15 heavy (non-hydrogen) atoms. The molecule has 0 fully saturated rings. The summed E-state index contributed by atoms with van der Waals surface area (Å²) in [6, 6.07) is 0. The van der Waals surface area contributed by atoms with E-state index in [4.69, 9.17) is 0 Å². The number of hydrogen-bond acceptors (Lipinski definition) is 5. The first-order chi connectivity index (χ1) is 7.38. The zero-order valence-electron chi connectivity index (χ0n) is 7.96. The molecule has 3 aliphatic heterocycles. The lowest BCUT2D eigenvalue weighted by Gasteiger charge is -2.36. The number of amidine groups is 1. The van der Waals surface area contributed by atoms with Crippen LogP contribution in [0.15, 0.2) is 51.7 Å². The lowest BCUT2D eigenvalue weighted by Crippen LogP contribution is -2.49. The fraction of sp³-hybridized carbons (Fsp3) is 0.100. The van der Waals surface area contributed by atoms with Crippen molar-refractivity contribution in [3.05, 3.63) is 36.7 Å². The Kier molecular flexibility index (Phi) is 1.58. The number of nitrogens with zero attached hydrogens (tertiary/aromatic N) is 4. The van der Waals surface area contributed by atoms with E-state index in [1.54, 1.807) is 12.3 Å². The minimum Gasteiger partial charge on any atom is -0.332 e. The lowest BCUT2D eigenvalue weighted by atomic mass is 10.2. The Morgan fingerprint density at radius 2 is 2.47 bits per heavy atom. The van der Waals surface area contributed by atoms with Crippen molar-refractivity contribution in [3.8, 4) is 0 Å². The molecule has 3 aliphatic rings. The SMILES string of the molecule is C=CC1=NC2N=CC=C3C=CNC(=N1)N32. The van der Waals surface area contributed by atoms with Gasteiger partial charge in [0, 0.05) is 12.4 Å². The number of hydrogen-bond donors (Lipinski definition) is 1. The van der Waals surface area contributed by atoms with Crippen LogP contribution >= 0.6 is 0 Å². The fourth-order valence-electron chi connectivity index (χ4n) is 1.65. The summed E-state index contributed by atoms with van der Waals surface area (Å²) in [5.41, 5.74) is 1.04. The molecule has 0 radical (unpaired) electrons. The summed E-state index contributed by atoms with van der Waals surface area (Å²) in [6.45, 7) is 3.66. The third-order valence-corrected chi connectivity index (χ3v) is 2.32. The summed E-state index contributed by atoms with van der Waals surface area (Å²) in [6.07, 6.45) is 8.88. The Bertz CT molecular complexity index is 466. The van der Waals surface area contributed by atoms with Gasteiger partial charge in [0.15, 0.2) is 5.84 Å². The normalized spacial score (nSPS) is 26.0. The minimum atomic E-state index is -0.247. The highest BCUT2D eigenvalue weighted by Crippen LogP contribution is 2.22. The van der Waals surface area contributed by atoms with Gasteiger partial charge in [0.25, 0.3) is 0 Å².